The molecule has 2 heteroatoms. The zero-order valence-electron chi connectivity index (χ0n) is 2.57. The van der Waals surface area contributed by atoms with Gasteiger partial charge in [0.1, 0.15) is 6.61 Å². The van der Waals surface area contributed by atoms with Gasteiger partial charge in [-0.25, -0.2) is 0 Å². The number of hydrogen-bond donors (Lipinski definition) is 0. The van der Waals surface area contributed by atoms with Gasteiger partial charge in [0.15, 0.2) is 0 Å². The van der Waals surface area contributed by atoms with E-state index in [1.54, 1.807) is 0 Å². The summed E-state index contributed by atoms with van der Waals surface area (Å²) in [6, 6.07) is -0.440. The Hall–Kier alpha value is -0.530. The summed E-state index contributed by atoms with van der Waals surface area (Å²) >= 11 is 0. The molecule has 1 rings (SSSR count). The zero-order valence-corrected chi connectivity index (χ0v) is 2.57. The predicted octanol–water partition coefficient (Wildman–Crippen LogP) is 0.828. The van der Waals surface area contributed by atoms with Crippen LogP contribution in [0.25, 0.3) is 0 Å². The van der Waals surface area contributed by atoms with Crippen molar-refractivity contribution >= 4 is 0 Å². The van der Waals surface area contributed by atoms with Crippen molar-refractivity contribution in [3.63, 3.8) is 0 Å². The van der Waals surface area contributed by atoms with E-state index in [9.17, 15) is 4.39 Å². The summed E-state index contributed by atoms with van der Waals surface area (Å²) in [7, 11) is 0. The molecule has 1 nitrogen and oxygen atoms in total. The normalized spacial score (nSPS) is 19.0. The van der Waals surface area contributed by atoms with E-state index in [1.807, 2.05) is 0 Å². The Kier molecular flexibility index (Phi) is 0.381. The number of halogens is 1. The van der Waals surface area contributed by atoms with E-state index < -0.39 is 6.01 Å². The van der Waals surface area contributed by atoms with Crippen molar-refractivity contribution in [1.29, 1.82) is 0 Å². The van der Waals surface area contributed by atoms with Crippen LogP contribution in [0.1, 0.15) is 0 Å². The largest absolute Gasteiger partial charge is 0.466 e. The Morgan fingerprint density at radius 2 is 2.40 bits per heavy atom. The Bertz CT molecular complexity index is 67.3. The van der Waals surface area contributed by atoms with Gasteiger partial charge >= 0.3 is 0 Å². The molecule has 0 atom stereocenters. The molecule has 0 bridgehead atoms. The molecule has 0 unspecified atom stereocenters. The third kappa shape index (κ3) is 0.251. The zero-order chi connectivity index (χ0) is 3.70. The molecule has 0 saturated carbocycles. The van der Waals surface area contributed by atoms with Crippen LogP contribution in [0.4, 0.5) is 4.39 Å². The topological polar surface area (TPSA) is 9.23 Å². The Labute approximate surface area is 29.1 Å². The van der Waals surface area contributed by atoms with E-state index >= 15 is 0 Å². The lowest BCUT2D eigenvalue weighted by atomic mass is 10.6. The maximum atomic E-state index is 11.2. The molecule has 0 aromatic rings. The molecule has 0 radical (unpaired) electrons. The molecule has 0 aromatic heterocycles. The highest BCUT2D eigenvalue weighted by Gasteiger charge is 2.00. The van der Waals surface area contributed by atoms with Crippen LogP contribution in [0, 0.1) is 0 Å². The smallest absolute Gasteiger partial charge is 0.272 e. The quantitative estimate of drug-likeness (QED) is 0.413. The summed E-state index contributed by atoms with van der Waals surface area (Å²) in [4.78, 5) is 0. The van der Waals surface area contributed by atoms with Crippen LogP contribution in [0.2, 0.25) is 0 Å². The number of rotatable bonds is 0. The van der Waals surface area contributed by atoms with Crippen molar-refractivity contribution in [2.75, 3.05) is 6.61 Å². The Morgan fingerprint density at radius 1 is 2.00 bits per heavy atom. The maximum Gasteiger partial charge on any atom is 0.272 e. The van der Waals surface area contributed by atoms with E-state index in [-0.39, 0.29) is 0 Å². The molecule has 0 amide bonds. The molecule has 0 fully saturated rings. The molecule has 1 heterocycles. The monoisotopic (exact) mass is 74.0 g/mol. The molecule has 28 valence electrons. The second kappa shape index (κ2) is 0.708. The minimum Gasteiger partial charge on any atom is -0.466 e. The van der Waals surface area contributed by atoms with Gasteiger partial charge in [-0.05, 0) is 0 Å². The second-order valence-corrected chi connectivity index (χ2v) is 0.819. The molecular formula is C3H3FO. The molecule has 5 heavy (non-hydrogen) atoms. The summed E-state index contributed by atoms with van der Waals surface area (Å²) in [6.07, 6.45) is 1.38. The Balaban J connectivity index is 2.51. The third-order valence-corrected chi connectivity index (χ3v) is 0.465. The van der Waals surface area contributed by atoms with Crippen molar-refractivity contribution in [2.45, 2.75) is 0 Å². The van der Waals surface area contributed by atoms with Crippen LogP contribution in [-0.4, -0.2) is 6.61 Å². The Morgan fingerprint density at radius 3 is 2.40 bits per heavy atom. The summed E-state index contributed by atoms with van der Waals surface area (Å²) in [5.74, 6) is 0. The summed E-state index contributed by atoms with van der Waals surface area (Å²) in [6.45, 7) is 0.450. The van der Waals surface area contributed by atoms with Crippen LogP contribution < -0.4 is 0 Å². The molecule has 0 saturated heterocycles. The summed E-state index contributed by atoms with van der Waals surface area (Å²) < 4.78 is 15.3. The lowest BCUT2D eigenvalue weighted by Gasteiger charge is -2.04. The van der Waals surface area contributed by atoms with Gasteiger partial charge in [-0.3, -0.25) is 0 Å². The second-order valence-electron chi connectivity index (χ2n) is 0.819. The fourth-order valence-corrected chi connectivity index (χ4v) is 0.146. The molecule has 0 aromatic carbocycles. The average molecular weight is 74.1 g/mol. The first kappa shape index (κ1) is 2.69. The van der Waals surface area contributed by atoms with E-state index in [4.69, 9.17) is 0 Å². The fraction of sp³-hybridized carbons (Fsp3) is 0.333. The van der Waals surface area contributed by atoms with E-state index in [2.05, 4.69) is 4.74 Å². The third-order valence-electron chi connectivity index (χ3n) is 0.465. The van der Waals surface area contributed by atoms with Gasteiger partial charge in [-0.15, -0.1) is 0 Å². The van der Waals surface area contributed by atoms with Crippen molar-refractivity contribution in [3.8, 4) is 0 Å². The highest BCUT2D eigenvalue weighted by molar-refractivity contribution is 4.91. The first-order chi connectivity index (χ1) is 2.39. The van der Waals surface area contributed by atoms with Gasteiger partial charge in [0.2, 0.25) is 0 Å². The number of ether oxygens (including phenoxy) is 1. The van der Waals surface area contributed by atoms with Crippen molar-refractivity contribution in [3.05, 3.63) is 12.1 Å². The molecule has 0 spiro atoms. The molecule has 1 aliphatic rings. The van der Waals surface area contributed by atoms with Gasteiger partial charge in [-0.2, -0.15) is 4.39 Å². The van der Waals surface area contributed by atoms with Gasteiger partial charge in [0.05, 0.1) is 0 Å². The lowest BCUT2D eigenvalue weighted by molar-refractivity contribution is 0.122. The highest BCUT2D eigenvalue weighted by Crippen LogP contribution is 2.06. The van der Waals surface area contributed by atoms with Crippen LogP contribution >= 0.6 is 0 Å². The minimum absolute atomic E-state index is 0.440. The lowest BCUT2D eigenvalue weighted by Crippen LogP contribution is -1.97. The molecule has 0 aliphatic carbocycles. The molecule has 0 N–H and O–H groups in total. The first-order valence-electron chi connectivity index (χ1n) is 1.38. The van der Waals surface area contributed by atoms with E-state index in [0.717, 1.165) is 0 Å². The highest BCUT2D eigenvalue weighted by atomic mass is 19.1. The van der Waals surface area contributed by atoms with Crippen LogP contribution in [0.3, 0.4) is 0 Å². The van der Waals surface area contributed by atoms with Gasteiger partial charge in [0, 0.05) is 6.08 Å². The van der Waals surface area contributed by atoms with Gasteiger partial charge in [0.25, 0.3) is 6.01 Å². The standard InChI is InChI=1S/C3H3FO/c4-3-1-2-5-3/h1H,2H2. The summed E-state index contributed by atoms with van der Waals surface area (Å²) in [5, 5.41) is 0. The minimum atomic E-state index is -0.440. The summed E-state index contributed by atoms with van der Waals surface area (Å²) in [5.41, 5.74) is 0. The molecular weight excluding hydrogens is 71.0 g/mol. The predicted molar refractivity (Wildman–Crippen MR) is 15.1 cm³/mol. The average Bonchev–Trinajstić information content (AvgIpc) is 1.30. The van der Waals surface area contributed by atoms with Crippen LogP contribution in [-0.2, 0) is 4.74 Å². The number of hydrogen-bond acceptors (Lipinski definition) is 1. The van der Waals surface area contributed by atoms with E-state index in [0.29, 0.717) is 6.61 Å². The van der Waals surface area contributed by atoms with Crippen molar-refractivity contribution in [2.24, 2.45) is 0 Å². The fourth-order valence-electron chi connectivity index (χ4n) is 0.146. The van der Waals surface area contributed by atoms with Crippen molar-refractivity contribution < 1.29 is 9.13 Å². The SMILES string of the molecule is FC1=CCO1. The first-order valence-corrected chi connectivity index (χ1v) is 1.38. The van der Waals surface area contributed by atoms with Crippen LogP contribution in [0.15, 0.2) is 12.1 Å². The van der Waals surface area contributed by atoms with Crippen molar-refractivity contribution in [1.82, 2.24) is 0 Å². The van der Waals surface area contributed by atoms with Gasteiger partial charge in [-0.1, -0.05) is 0 Å². The molecule has 1 aliphatic heterocycles. The maximum absolute atomic E-state index is 11.2. The van der Waals surface area contributed by atoms with Gasteiger partial charge < -0.3 is 4.74 Å². The van der Waals surface area contributed by atoms with E-state index in [1.165, 1.54) is 6.08 Å². The van der Waals surface area contributed by atoms with Crippen LogP contribution in [0.5, 0.6) is 0 Å².